The van der Waals surface area contributed by atoms with Crippen LogP contribution in [0.1, 0.15) is 25.7 Å². The number of para-hydroxylation sites is 2. The number of anilines is 3. The number of phenolic OH excluding ortho intramolecular Hbond substituents is 1. The largest absolute Gasteiger partial charge is 0.506 e. The molecule has 28 heavy (non-hydrogen) atoms. The van der Waals surface area contributed by atoms with Crippen LogP contribution in [0.5, 0.6) is 11.8 Å². The van der Waals surface area contributed by atoms with E-state index in [-0.39, 0.29) is 0 Å². The molecule has 0 radical (unpaired) electrons. The number of ether oxygens (including phenoxy) is 1. The minimum absolute atomic E-state index is 0.321. The standard InChI is InChI=1S/C20H28N6O2/c1-28-20-22-18(25-10-6-2-3-7-11-25)21-19(23-20)26-14-12-24(13-15-26)16-8-4-5-9-17(16)27/h4-5,8-9,27H,2-3,6-7,10-15H2,1H3. The molecule has 1 N–H and O–H groups in total. The number of hydrogen-bond acceptors (Lipinski definition) is 8. The minimum atomic E-state index is 0.321. The van der Waals surface area contributed by atoms with Gasteiger partial charge in [-0.2, -0.15) is 15.0 Å². The third kappa shape index (κ3) is 4.05. The van der Waals surface area contributed by atoms with Crippen molar-refractivity contribution in [1.29, 1.82) is 0 Å². The predicted octanol–water partition coefficient (Wildman–Crippen LogP) is 2.29. The first-order chi connectivity index (χ1) is 13.7. The highest BCUT2D eigenvalue weighted by atomic mass is 16.5. The molecule has 0 unspecified atom stereocenters. The minimum Gasteiger partial charge on any atom is -0.506 e. The molecule has 1 aromatic carbocycles. The molecule has 8 heteroatoms. The smallest absolute Gasteiger partial charge is 0.322 e. The molecular weight excluding hydrogens is 356 g/mol. The van der Waals surface area contributed by atoms with Crippen molar-refractivity contribution in [3.63, 3.8) is 0 Å². The molecule has 2 aromatic rings. The Bertz CT molecular complexity index is 786. The number of aromatic hydroxyl groups is 1. The quantitative estimate of drug-likeness (QED) is 0.860. The van der Waals surface area contributed by atoms with Crippen LogP contribution < -0.4 is 19.4 Å². The fourth-order valence-electron chi connectivity index (χ4n) is 3.86. The van der Waals surface area contributed by atoms with E-state index in [9.17, 15) is 5.11 Å². The Kier molecular flexibility index (Phi) is 5.64. The fraction of sp³-hybridized carbons (Fsp3) is 0.550. The van der Waals surface area contributed by atoms with Crippen molar-refractivity contribution in [2.45, 2.75) is 25.7 Å². The van der Waals surface area contributed by atoms with E-state index in [1.165, 1.54) is 25.7 Å². The highest BCUT2D eigenvalue weighted by Gasteiger charge is 2.23. The maximum atomic E-state index is 10.1. The van der Waals surface area contributed by atoms with Crippen molar-refractivity contribution in [1.82, 2.24) is 15.0 Å². The average molecular weight is 384 g/mol. The van der Waals surface area contributed by atoms with Crippen molar-refractivity contribution < 1.29 is 9.84 Å². The molecule has 2 fully saturated rings. The first kappa shape index (κ1) is 18.6. The lowest BCUT2D eigenvalue weighted by atomic mass is 10.2. The van der Waals surface area contributed by atoms with Crippen molar-refractivity contribution in [2.24, 2.45) is 0 Å². The van der Waals surface area contributed by atoms with Gasteiger partial charge >= 0.3 is 6.01 Å². The average Bonchev–Trinajstić information content (AvgIpc) is 3.03. The Labute approximate surface area is 165 Å². The number of piperazine rings is 1. The second-order valence-corrected chi connectivity index (χ2v) is 7.29. The first-order valence-electron chi connectivity index (χ1n) is 10.1. The molecule has 2 aliphatic heterocycles. The Morgan fingerprint density at radius 1 is 0.750 bits per heavy atom. The van der Waals surface area contributed by atoms with Crippen molar-refractivity contribution >= 4 is 17.6 Å². The number of aromatic nitrogens is 3. The van der Waals surface area contributed by atoms with Crippen LogP contribution in [0.3, 0.4) is 0 Å². The van der Waals surface area contributed by atoms with Gasteiger partial charge in [-0.1, -0.05) is 25.0 Å². The number of benzene rings is 1. The van der Waals surface area contributed by atoms with E-state index in [2.05, 4.69) is 24.7 Å². The van der Waals surface area contributed by atoms with Crippen LogP contribution in [0.2, 0.25) is 0 Å². The van der Waals surface area contributed by atoms with Gasteiger partial charge in [0, 0.05) is 39.3 Å². The van der Waals surface area contributed by atoms with E-state index in [0.29, 0.717) is 23.7 Å². The predicted molar refractivity (Wildman–Crippen MR) is 110 cm³/mol. The van der Waals surface area contributed by atoms with Crippen LogP contribution in [0.25, 0.3) is 0 Å². The molecule has 2 saturated heterocycles. The summed E-state index contributed by atoms with van der Waals surface area (Å²) in [6, 6.07) is 7.84. The Hall–Kier alpha value is -2.77. The zero-order chi connectivity index (χ0) is 19.3. The summed E-state index contributed by atoms with van der Waals surface area (Å²) in [5, 5.41) is 10.1. The molecule has 150 valence electrons. The lowest BCUT2D eigenvalue weighted by Crippen LogP contribution is -2.47. The van der Waals surface area contributed by atoms with E-state index >= 15 is 0 Å². The highest BCUT2D eigenvalue weighted by molar-refractivity contribution is 5.58. The Morgan fingerprint density at radius 2 is 1.32 bits per heavy atom. The van der Waals surface area contributed by atoms with Crippen LogP contribution in [0, 0.1) is 0 Å². The third-order valence-corrected chi connectivity index (χ3v) is 5.45. The normalized spacial score (nSPS) is 18.1. The maximum absolute atomic E-state index is 10.1. The summed E-state index contributed by atoms with van der Waals surface area (Å²) < 4.78 is 5.36. The first-order valence-corrected chi connectivity index (χ1v) is 10.1. The third-order valence-electron chi connectivity index (χ3n) is 5.45. The van der Waals surface area contributed by atoms with Gasteiger partial charge in [0.15, 0.2) is 0 Å². The van der Waals surface area contributed by atoms with Gasteiger partial charge < -0.3 is 24.5 Å². The fourth-order valence-corrected chi connectivity index (χ4v) is 3.86. The molecule has 0 bridgehead atoms. The van der Waals surface area contributed by atoms with E-state index in [1.54, 1.807) is 13.2 Å². The van der Waals surface area contributed by atoms with Gasteiger partial charge in [-0.25, -0.2) is 0 Å². The highest BCUT2D eigenvalue weighted by Crippen LogP contribution is 2.28. The molecule has 0 amide bonds. The summed E-state index contributed by atoms with van der Waals surface area (Å²) in [6.07, 6.45) is 4.87. The molecule has 4 rings (SSSR count). The van der Waals surface area contributed by atoms with Crippen LogP contribution in [-0.2, 0) is 0 Å². The van der Waals surface area contributed by atoms with Gasteiger partial charge in [0.1, 0.15) is 5.75 Å². The SMILES string of the molecule is COc1nc(N2CCCCCC2)nc(N2CCN(c3ccccc3O)CC2)n1. The van der Waals surface area contributed by atoms with Gasteiger partial charge in [0.25, 0.3) is 0 Å². The lowest BCUT2D eigenvalue weighted by Gasteiger charge is -2.36. The van der Waals surface area contributed by atoms with E-state index in [1.807, 2.05) is 18.2 Å². The molecule has 3 heterocycles. The topological polar surface area (TPSA) is 77.9 Å². The molecular formula is C20H28N6O2. The summed E-state index contributed by atoms with van der Waals surface area (Å²) in [5.74, 6) is 1.70. The Morgan fingerprint density at radius 3 is 1.93 bits per heavy atom. The van der Waals surface area contributed by atoms with E-state index in [0.717, 1.165) is 45.0 Å². The summed E-state index contributed by atoms with van der Waals surface area (Å²) >= 11 is 0. The van der Waals surface area contributed by atoms with Crippen molar-refractivity contribution in [2.75, 3.05) is 61.1 Å². The molecule has 0 aliphatic carbocycles. The monoisotopic (exact) mass is 384 g/mol. The molecule has 0 spiro atoms. The van der Waals surface area contributed by atoms with Gasteiger partial charge in [-0.3, -0.25) is 0 Å². The lowest BCUT2D eigenvalue weighted by molar-refractivity contribution is 0.377. The zero-order valence-electron chi connectivity index (χ0n) is 16.4. The number of hydrogen-bond donors (Lipinski definition) is 1. The van der Waals surface area contributed by atoms with Gasteiger partial charge in [0.05, 0.1) is 12.8 Å². The van der Waals surface area contributed by atoms with E-state index in [4.69, 9.17) is 9.72 Å². The summed E-state index contributed by atoms with van der Waals surface area (Å²) in [7, 11) is 1.60. The summed E-state index contributed by atoms with van der Waals surface area (Å²) in [6.45, 7) is 5.11. The van der Waals surface area contributed by atoms with Crippen molar-refractivity contribution in [3.8, 4) is 11.8 Å². The number of methoxy groups -OCH3 is 1. The van der Waals surface area contributed by atoms with Crippen LogP contribution in [-0.4, -0.2) is 66.4 Å². The maximum Gasteiger partial charge on any atom is 0.322 e. The van der Waals surface area contributed by atoms with Crippen LogP contribution >= 0.6 is 0 Å². The van der Waals surface area contributed by atoms with Crippen molar-refractivity contribution in [3.05, 3.63) is 24.3 Å². The second-order valence-electron chi connectivity index (χ2n) is 7.29. The molecule has 0 atom stereocenters. The van der Waals surface area contributed by atoms with Gasteiger partial charge in [0.2, 0.25) is 11.9 Å². The Balaban J connectivity index is 1.50. The van der Waals surface area contributed by atoms with Gasteiger partial charge in [-0.05, 0) is 25.0 Å². The number of rotatable bonds is 4. The molecule has 2 aliphatic rings. The van der Waals surface area contributed by atoms with Crippen LogP contribution in [0.4, 0.5) is 17.6 Å². The summed E-state index contributed by atoms with van der Waals surface area (Å²) in [5.41, 5.74) is 0.876. The summed E-state index contributed by atoms with van der Waals surface area (Å²) in [4.78, 5) is 20.4. The van der Waals surface area contributed by atoms with Crippen LogP contribution in [0.15, 0.2) is 24.3 Å². The number of nitrogens with zero attached hydrogens (tertiary/aromatic N) is 6. The second kappa shape index (κ2) is 8.50. The molecule has 8 nitrogen and oxygen atoms in total. The van der Waals surface area contributed by atoms with Gasteiger partial charge in [-0.15, -0.1) is 0 Å². The molecule has 0 saturated carbocycles. The van der Waals surface area contributed by atoms with E-state index < -0.39 is 0 Å². The zero-order valence-corrected chi connectivity index (χ0v) is 16.4. The number of phenols is 1. The molecule has 1 aromatic heterocycles.